The Labute approximate surface area is 212 Å². The van der Waals surface area contributed by atoms with E-state index in [0.717, 1.165) is 52.7 Å². The van der Waals surface area contributed by atoms with Crippen molar-refractivity contribution >= 4 is 16.7 Å². The number of aryl methyl sites for hydroxylation is 3. The van der Waals surface area contributed by atoms with Crippen LogP contribution < -0.4 is 35.9 Å². The fourth-order valence-electron chi connectivity index (χ4n) is 4.84. The number of esters is 1. The lowest BCUT2D eigenvalue weighted by Gasteiger charge is -2.22. The summed E-state index contributed by atoms with van der Waals surface area (Å²) in [5.41, 5.74) is 4.62. The minimum atomic E-state index is -0.171. The van der Waals surface area contributed by atoms with E-state index in [9.17, 15) is 4.79 Å². The van der Waals surface area contributed by atoms with E-state index in [0.29, 0.717) is 36.7 Å². The van der Waals surface area contributed by atoms with Crippen molar-refractivity contribution in [1.82, 2.24) is 0 Å². The first-order valence-electron chi connectivity index (χ1n) is 11.6. The van der Waals surface area contributed by atoms with Crippen LogP contribution in [0, 0.1) is 0 Å². The van der Waals surface area contributed by atoms with E-state index in [4.69, 9.17) is 23.7 Å². The molecule has 1 aliphatic heterocycles. The number of carbonyl (C=O) groups excluding carboxylic acids is 1. The molecule has 7 nitrogen and oxygen atoms in total. The predicted octanol–water partition coefficient (Wildman–Crippen LogP) is 1.27. The monoisotopic (exact) mass is 501 g/mol. The number of fused-ring (bicyclic) bond motifs is 4. The summed E-state index contributed by atoms with van der Waals surface area (Å²) in [6.45, 7) is 3.04. The molecule has 0 saturated heterocycles. The molecule has 0 radical (unpaired) electrons. The van der Waals surface area contributed by atoms with Crippen LogP contribution in [-0.4, -0.2) is 41.0 Å². The summed E-state index contributed by atoms with van der Waals surface area (Å²) < 4.78 is 29.9. The highest BCUT2D eigenvalue weighted by molar-refractivity contribution is 5.95. The summed E-state index contributed by atoms with van der Waals surface area (Å²) in [6.07, 6.45) is 4.78. The van der Waals surface area contributed by atoms with Crippen molar-refractivity contribution in [3.63, 3.8) is 0 Å². The van der Waals surface area contributed by atoms with Gasteiger partial charge in [0.2, 0.25) is 5.69 Å². The van der Waals surface area contributed by atoms with Gasteiger partial charge in [0.1, 0.15) is 0 Å². The summed E-state index contributed by atoms with van der Waals surface area (Å²) >= 11 is 0. The number of methoxy groups -OCH3 is 4. The average molecular weight is 502 g/mol. The Bertz CT molecular complexity index is 1230. The molecule has 4 rings (SSSR count). The van der Waals surface area contributed by atoms with Crippen molar-refractivity contribution in [2.75, 3.05) is 35.0 Å². The van der Waals surface area contributed by atoms with Crippen molar-refractivity contribution in [1.29, 1.82) is 0 Å². The molecule has 1 aliphatic rings. The fraction of sp³-hybridized carbons (Fsp3) is 0.407. The zero-order valence-corrected chi connectivity index (χ0v) is 21.7. The Hall–Kier alpha value is -3.19. The molecule has 0 aliphatic carbocycles. The third-order valence-electron chi connectivity index (χ3n) is 6.37. The van der Waals surface area contributed by atoms with Gasteiger partial charge in [-0.3, -0.25) is 4.79 Å². The molecule has 3 aromatic rings. The van der Waals surface area contributed by atoms with Gasteiger partial charge in [-0.05, 0) is 49.6 Å². The van der Waals surface area contributed by atoms with Crippen LogP contribution in [0.3, 0.4) is 0 Å². The molecule has 0 amide bonds. The molecule has 0 spiro atoms. The molecule has 0 atom stereocenters. The molecular formula is C27H32ClNO6. The number of carbonyl (C=O) groups is 1. The molecule has 0 unspecified atom stereocenters. The van der Waals surface area contributed by atoms with Crippen LogP contribution in [0.1, 0.15) is 30.9 Å². The van der Waals surface area contributed by atoms with E-state index in [-0.39, 0.29) is 18.4 Å². The standard InChI is InChI=1S/C27H32NO6.ClH/c1-6-34-25(29)9-7-8-19-18-10-11-22(30-2)27(33-5)21(18)16-28-13-12-17-14-23(31-3)24(32-4)15-20(17)26(19)28;/h10-11,14-16H,6-9,12-13H2,1-5H3;1H/q+1;/p-1. The Kier molecular flexibility index (Phi) is 8.67. The number of aromatic nitrogens is 1. The minimum Gasteiger partial charge on any atom is -1.00 e. The van der Waals surface area contributed by atoms with Crippen LogP contribution in [0.15, 0.2) is 30.5 Å². The van der Waals surface area contributed by atoms with E-state index in [1.807, 2.05) is 13.0 Å². The van der Waals surface area contributed by atoms with Gasteiger partial charge in [-0.1, -0.05) is 0 Å². The Morgan fingerprint density at radius 3 is 2.31 bits per heavy atom. The van der Waals surface area contributed by atoms with Gasteiger partial charge < -0.3 is 36.1 Å². The van der Waals surface area contributed by atoms with Crippen molar-refractivity contribution < 1.29 is 45.5 Å². The highest BCUT2D eigenvalue weighted by atomic mass is 35.5. The lowest BCUT2D eigenvalue weighted by molar-refractivity contribution is -0.686. The third kappa shape index (κ3) is 4.96. The fourth-order valence-corrected chi connectivity index (χ4v) is 4.84. The lowest BCUT2D eigenvalue weighted by Crippen LogP contribution is -3.00. The van der Waals surface area contributed by atoms with E-state index in [1.54, 1.807) is 28.4 Å². The molecule has 0 fully saturated rings. The van der Waals surface area contributed by atoms with Crippen LogP contribution in [-0.2, 0) is 28.9 Å². The second kappa shape index (κ2) is 11.5. The number of rotatable bonds is 9. The largest absolute Gasteiger partial charge is 1.00 e. The molecule has 2 heterocycles. The van der Waals surface area contributed by atoms with Gasteiger partial charge in [0.15, 0.2) is 35.7 Å². The van der Waals surface area contributed by atoms with Crippen LogP contribution >= 0.6 is 0 Å². The number of hydrogen-bond donors (Lipinski definition) is 0. The Morgan fingerprint density at radius 2 is 1.66 bits per heavy atom. The van der Waals surface area contributed by atoms with Crippen LogP contribution in [0.4, 0.5) is 0 Å². The maximum Gasteiger partial charge on any atom is 0.305 e. The number of nitrogens with zero attached hydrogens (tertiary/aromatic N) is 1. The van der Waals surface area contributed by atoms with E-state index in [1.165, 1.54) is 5.56 Å². The molecular weight excluding hydrogens is 470 g/mol. The molecule has 0 bridgehead atoms. The van der Waals surface area contributed by atoms with Gasteiger partial charge in [0.05, 0.1) is 46.0 Å². The first-order chi connectivity index (χ1) is 16.6. The molecule has 1 aromatic heterocycles. The van der Waals surface area contributed by atoms with Crippen LogP contribution in [0.5, 0.6) is 23.0 Å². The quantitative estimate of drug-likeness (QED) is 0.325. The number of hydrogen-bond acceptors (Lipinski definition) is 6. The van der Waals surface area contributed by atoms with E-state index < -0.39 is 0 Å². The van der Waals surface area contributed by atoms with Gasteiger partial charge in [-0.15, -0.1) is 0 Å². The van der Waals surface area contributed by atoms with Crippen LogP contribution in [0.25, 0.3) is 22.0 Å². The van der Waals surface area contributed by atoms with Gasteiger partial charge in [-0.2, -0.15) is 4.57 Å². The zero-order valence-electron chi connectivity index (χ0n) is 20.9. The number of benzene rings is 2. The second-order valence-electron chi connectivity index (χ2n) is 8.18. The molecule has 8 heteroatoms. The molecule has 2 aromatic carbocycles. The summed E-state index contributed by atoms with van der Waals surface area (Å²) in [5.74, 6) is 2.65. The normalized spacial score (nSPS) is 11.7. The SMILES string of the molecule is CCOC(=O)CCCc1c2[n+](cc3c(OC)c(OC)ccc13)CCc1cc(OC)c(OC)cc1-2.[Cl-]. The first-order valence-corrected chi connectivity index (χ1v) is 11.6. The highest BCUT2D eigenvalue weighted by Gasteiger charge is 2.31. The predicted molar refractivity (Wildman–Crippen MR) is 129 cm³/mol. The molecule has 35 heavy (non-hydrogen) atoms. The third-order valence-corrected chi connectivity index (χ3v) is 6.37. The van der Waals surface area contributed by atoms with Crippen molar-refractivity contribution in [3.05, 3.63) is 41.6 Å². The highest BCUT2D eigenvalue weighted by Crippen LogP contribution is 2.42. The van der Waals surface area contributed by atoms with Crippen molar-refractivity contribution in [2.24, 2.45) is 0 Å². The zero-order chi connectivity index (χ0) is 24.2. The maximum atomic E-state index is 12.0. The van der Waals surface area contributed by atoms with E-state index >= 15 is 0 Å². The lowest BCUT2D eigenvalue weighted by atomic mass is 9.89. The van der Waals surface area contributed by atoms with Crippen molar-refractivity contribution in [3.8, 4) is 34.3 Å². The summed E-state index contributed by atoms with van der Waals surface area (Å²) in [4.78, 5) is 12.0. The Morgan fingerprint density at radius 1 is 0.943 bits per heavy atom. The summed E-state index contributed by atoms with van der Waals surface area (Å²) in [6, 6.07) is 8.14. The smallest absolute Gasteiger partial charge is 0.305 e. The average Bonchev–Trinajstić information content (AvgIpc) is 2.86. The van der Waals surface area contributed by atoms with Gasteiger partial charge in [0.25, 0.3) is 0 Å². The minimum absolute atomic E-state index is 0. The van der Waals surface area contributed by atoms with E-state index in [2.05, 4.69) is 29.0 Å². The van der Waals surface area contributed by atoms with Gasteiger partial charge in [0, 0.05) is 23.8 Å². The molecule has 0 N–H and O–H groups in total. The number of halogens is 1. The number of ether oxygens (including phenoxy) is 5. The number of pyridine rings is 1. The summed E-state index contributed by atoms with van der Waals surface area (Å²) in [5, 5.41) is 2.07. The van der Waals surface area contributed by atoms with Crippen molar-refractivity contribution in [2.45, 2.75) is 39.2 Å². The topological polar surface area (TPSA) is 67.1 Å². The first kappa shape index (κ1) is 26.4. The molecule has 188 valence electrons. The molecule has 0 saturated carbocycles. The van der Waals surface area contributed by atoms with Gasteiger partial charge >= 0.3 is 5.97 Å². The maximum absolute atomic E-state index is 12.0. The Balaban J connectivity index is 0.00000342. The van der Waals surface area contributed by atoms with Gasteiger partial charge in [-0.25, -0.2) is 0 Å². The van der Waals surface area contributed by atoms with Crippen LogP contribution in [0.2, 0.25) is 0 Å². The second-order valence-corrected chi connectivity index (χ2v) is 8.18. The summed E-state index contributed by atoms with van der Waals surface area (Å²) in [7, 11) is 6.61.